The van der Waals surface area contributed by atoms with E-state index in [-0.39, 0.29) is 36.6 Å². The summed E-state index contributed by atoms with van der Waals surface area (Å²) in [5.74, 6) is -0.300. The van der Waals surface area contributed by atoms with Gasteiger partial charge in [0.25, 0.3) is 5.91 Å². The van der Waals surface area contributed by atoms with Crippen LogP contribution in [-0.2, 0) is 15.8 Å². The van der Waals surface area contributed by atoms with Crippen molar-refractivity contribution in [2.24, 2.45) is 5.16 Å². The molecule has 0 saturated heterocycles. The van der Waals surface area contributed by atoms with Crippen LogP contribution < -0.4 is 10.1 Å². The van der Waals surface area contributed by atoms with E-state index in [1.807, 2.05) is 30.3 Å². The predicted molar refractivity (Wildman–Crippen MR) is 92.3 cm³/mol. The van der Waals surface area contributed by atoms with Gasteiger partial charge in [0, 0.05) is 6.42 Å². The molecule has 3 rings (SSSR count). The number of ether oxygens (including phenoxy) is 1. The van der Waals surface area contributed by atoms with Gasteiger partial charge in [0.1, 0.15) is 18.1 Å². The molecule has 27 heavy (non-hydrogen) atoms. The van der Waals surface area contributed by atoms with Crippen LogP contribution in [0.5, 0.6) is 5.75 Å². The third-order valence-corrected chi connectivity index (χ3v) is 3.92. The highest BCUT2D eigenvalue weighted by Gasteiger charge is 2.30. The van der Waals surface area contributed by atoms with Crippen molar-refractivity contribution in [3.8, 4) is 5.75 Å². The molecule has 0 bridgehead atoms. The van der Waals surface area contributed by atoms with Crippen LogP contribution in [0.2, 0.25) is 0 Å². The van der Waals surface area contributed by atoms with E-state index in [1.54, 1.807) is 0 Å². The summed E-state index contributed by atoms with van der Waals surface area (Å²) in [6.45, 7) is 0.160. The second-order valence-corrected chi connectivity index (χ2v) is 5.88. The van der Waals surface area contributed by atoms with Crippen LogP contribution in [0.4, 0.5) is 13.2 Å². The van der Waals surface area contributed by atoms with Crippen molar-refractivity contribution in [1.82, 2.24) is 5.32 Å². The van der Waals surface area contributed by atoms with Gasteiger partial charge in [-0.25, -0.2) is 0 Å². The van der Waals surface area contributed by atoms with Crippen molar-refractivity contribution in [3.63, 3.8) is 0 Å². The van der Waals surface area contributed by atoms with Gasteiger partial charge in [0.15, 0.2) is 6.10 Å². The molecule has 0 fully saturated rings. The average molecular weight is 378 g/mol. The number of oxime groups is 1. The number of carbonyl (C=O) groups is 1. The van der Waals surface area contributed by atoms with Crippen LogP contribution in [0.15, 0.2) is 59.8 Å². The van der Waals surface area contributed by atoms with Gasteiger partial charge in [0.05, 0.1) is 12.1 Å². The van der Waals surface area contributed by atoms with E-state index in [4.69, 9.17) is 9.57 Å². The number of benzene rings is 2. The van der Waals surface area contributed by atoms with E-state index in [2.05, 4.69) is 10.5 Å². The van der Waals surface area contributed by atoms with E-state index in [1.165, 1.54) is 12.1 Å². The maximum absolute atomic E-state index is 12.7. The average Bonchev–Trinajstić information content (AvgIpc) is 3.16. The SMILES string of the molecule is O=C(NCCOc1cccc(C(F)(F)F)c1)C1=NOC(c2ccccc2)C1. The fourth-order valence-electron chi connectivity index (χ4n) is 2.56. The Kier molecular flexibility index (Phi) is 5.63. The Morgan fingerprint density at radius 3 is 2.70 bits per heavy atom. The molecular formula is C19H17F3N2O3. The van der Waals surface area contributed by atoms with Crippen LogP contribution in [0, 0.1) is 0 Å². The van der Waals surface area contributed by atoms with Gasteiger partial charge in [-0.2, -0.15) is 13.2 Å². The van der Waals surface area contributed by atoms with Gasteiger partial charge >= 0.3 is 6.18 Å². The molecule has 8 heteroatoms. The monoisotopic (exact) mass is 378 g/mol. The first-order valence-corrected chi connectivity index (χ1v) is 8.29. The van der Waals surface area contributed by atoms with Gasteiger partial charge in [-0.15, -0.1) is 0 Å². The van der Waals surface area contributed by atoms with Crippen LogP contribution in [0.1, 0.15) is 23.7 Å². The molecular weight excluding hydrogens is 361 g/mol. The zero-order chi connectivity index (χ0) is 19.3. The molecule has 1 aliphatic heterocycles. The van der Waals surface area contributed by atoms with Crippen LogP contribution >= 0.6 is 0 Å². The summed E-state index contributed by atoms with van der Waals surface area (Å²) in [5.41, 5.74) is 0.410. The Morgan fingerprint density at radius 2 is 1.96 bits per heavy atom. The zero-order valence-corrected chi connectivity index (χ0v) is 14.2. The van der Waals surface area contributed by atoms with Gasteiger partial charge < -0.3 is 14.9 Å². The lowest BCUT2D eigenvalue weighted by Crippen LogP contribution is -2.33. The molecule has 0 saturated carbocycles. The molecule has 1 unspecified atom stereocenters. The predicted octanol–water partition coefficient (Wildman–Crippen LogP) is 3.72. The Hall–Kier alpha value is -3.03. The quantitative estimate of drug-likeness (QED) is 0.780. The number of hydrogen-bond donors (Lipinski definition) is 1. The molecule has 1 atom stereocenters. The standard InChI is InChI=1S/C19H17F3N2O3/c20-19(21,22)14-7-4-8-15(11-14)26-10-9-23-18(25)16-12-17(27-24-16)13-5-2-1-3-6-13/h1-8,11,17H,9-10,12H2,(H,23,25). The van der Waals surface area contributed by atoms with E-state index >= 15 is 0 Å². The van der Waals surface area contributed by atoms with Crippen LogP contribution in [0.25, 0.3) is 0 Å². The topological polar surface area (TPSA) is 59.9 Å². The van der Waals surface area contributed by atoms with Crippen molar-refractivity contribution in [3.05, 3.63) is 65.7 Å². The first-order chi connectivity index (χ1) is 12.9. The lowest BCUT2D eigenvalue weighted by molar-refractivity contribution is -0.137. The largest absolute Gasteiger partial charge is 0.492 e. The number of amides is 1. The normalized spacial score (nSPS) is 16.4. The van der Waals surface area contributed by atoms with Gasteiger partial charge in [-0.05, 0) is 23.8 Å². The van der Waals surface area contributed by atoms with Crippen molar-refractivity contribution < 1.29 is 27.5 Å². The van der Waals surface area contributed by atoms with Crippen LogP contribution in [-0.4, -0.2) is 24.8 Å². The Balaban J connectivity index is 1.43. The van der Waals surface area contributed by atoms with Gasteiger partial charge in [-0.3, -0.25) is 4.79 Å². The van der Waals surface area contributed by atoms with Crippen LogP contribution in [0.3, 0.4) is 0 Å². The molecule has 1 aliphatic rings. The summed E-state index contributed by atoms with van der Waals surface area (Å²) in [6, 6.07) is 14.0. The summed E-state index contributed by atoms with van der Waals surface area (Å²) in [6.07, 6.45) is -4.37. The fraction of sp³-hybridized carbons (Fsp3) is 0.263. The lowest BCUT2D eigenvalue weighted by Gasteiger charge is -2.10. The highest BCUT2D eigenvalue weighted by Crippen LogP contribution is 2.31. The summed E-state index contributed by atoms with van der Waals surface area (Å²) < 4.78 is 43.2. The minimum Gasteiger partial charge on any atom is -0.492 e. The number of nitrogens with one attached hydrogen (secondary N) is 1. The smallest absolute Gasteiger partial charge is 0.416 e. The molecule has 0 aromatic heterocycles. The fourth-order valence-corrected chi connectivity index (χ4v) is 2.56. The summed E-state index contributed by atoms with van der Waals surface area (Å²) in [4.78, 5) is 17.4. The highest BCUT2D eigenvalue weighted by atomic mass is 19.4. The van der Waals surface area contributed by atoms with Gasteiger partial charge in [0.2, 0.25) is 0 Å². The second kappa shape index (κ2) is 8.11. The van der Waals surface area contributed by atoms with E-state index in [0.717, 1.165) is 17.7 Å². The van der Waals surface area contributed by atoms with Crippen molar-refractivity contribution in [2.75, 3.05) is 13.2 Å². The Morgan fingerprint density at radius 1 is 1.19 bits per heavy atom. The molecule has 0 spiro atoms. The number of carbonyl (C=O) groups excluding carboxylic acids is 1. The Labute approximate surface area is 153 Å². The number of halogens is 3. The summed E-state index contributed by atoms with van der Waals surface area (Å²) in [7, 11) is 0. The maximum atomic E-state index is 12.7. The van der Waals surface area contributed by atoms with E-state index < -0.39 is 11.7 Å². The number of hydrogen-bond acceptors (Lipinski definition) is 4. The highest BCUT2D eigenvalue weighted by molar-refractivity contribution is 6.39. The first kappa shape index (κ1) is 18.8. The van der Waals surface area contributed by atoms with Crippen molar-refractivity contribution in [2.45, 2.75) is 18.7 Å². The molecule has 1 amide bonds. The third-order valence-electron chi connectivity index (χ3n) is 3.92. The maximum Gasteiger partial charge on any atom is 0.416 e. The lowest BCUT2D eigenvalue weighted by atomic mass is 10.0. The number of alkyl halides is 3. The number of rotatable bonds is 6. The molecule has 142 valence electrons. The van der Waals surface area contributed by atoms with E-state index in [9.17, 15) is 18.0 Å². The van der Waals surface area contributed by atoms with Crippen molar-refractivity contribution in [1.29, 1.82) is 0 Å². The van der Waals surface area contributed by atoms with E-state index in [0.29, 0.717) is 6.42 Å². The first-order valence-electron chi connectivity index (χ1n) is 8.29. The van der Waals surface area contributed by atoms with Crippen molar-refractivity contribution >= 4 is 11.6 Å². The molecule has 2 aromatic carbocycles. The molecule has 0 radical (unpaired) electrons. The molecule has 2 aromatic rings. The third kappa shape index (κ3) is 4.99. The zero-order valence-electron chi connectivity index (χ0n) is 14.2. The second-order valence-electron chi connectivity index (χ2n) is 5.88. The molecule has 5 nitrogen and oxygen atoms in total. The minimum absolute atomic E-state index is 0.0311. The summed E-state index contributed by atoms with van der Waals surface area (Å²) in [5, 5.41) is 6.42. The Bertz CT molecular complexity index is 822. The van der Waals surface area contributed by atoms with Gasteiger partial charge in [-0.1, -0.05) is 41.6 Å². The molecule has 1 N–H and O–H groups in total. The molecule has 0 aliphatic carbocycles. The molecule has 1 heterocycles. The number of nitrogens with zero attached hydrogens (tertiary/aromatic N) is 1. The summed E-state index contributed by atoms with van der Waals surface area (Å²) >= 11 is 0. The minimum atomic E-state index is -4.43.